The summed E-state index contributed by atoms with van der Waals surface area (Å²) >= 11 is 0. The van der Waals surface area contributed by atoms with Gasteiger partial charge in [-0.05, 0) is 20.8 Å². The highest BCUT2D eigenvalue weighted by Crippen LogP contribution is 2.24. The third-order valence-corrected chi connectivity index (χ3v) is 1.77. The van der Waals surface area contributed by atoms with Crippen LogP contribution in [0.5, 0.6) is 0 Å². The van der Waals surface area contributed by atoms with Gasteiger partial charge in [-0.15, -0.1) is 0 Å². The standard InChI is InChI=1S/C9H12FNO3/c1-4-13-9(12)8-7(5(2)10)6(3)11-14-8/h5H,4H2,1-3H3/t5-/m1/s1. The molecule has 0 saturated carbocycles. The lowest BCUT2D eigenvalue weighted by molar-refractivity contribution is 0.0475. The largest absolute Gasteiger partial charge is 0.460 e. The highest BCUT2D eigenvalue weighted by molar-refractivity contribution is 5.88. The van der Waals surface area contributed by atoms with Gasteiger partial charge in [0.05, 0.1) is 17.9 Å². The summed E-state index contributed by atoms with van der Waals surface area (Å²) in [5.41, 5.74) is 0.548. The Labute approximate surface area is 81.0 Å². The Bertz CT molecular complexity index is 333. The van der Waals surface area contributed by atoms with Crippen molar-refractivity contribution >= 4 is 5.97 Å². The van der Waals surface area contributed by atoms with Crippen molar-refractivity contribution < 1.29 is 18.4 Å². The van der Waals surface area contributed by atoms with Gasteiger partial charge in [-0.3, -0.25) is 0 Å². The molecular weight excluding hydrogens is 189 g/mol. The second-order valence-electron chi connectivity index (χ2n) is 2.85. The molecule has 0 unspecified atom stereocenters. The highest BCUT2D eigenvalue weighted by Gasteiger charge is 2.25. The smallest absolute Gasteiger partial charge is 0.377 e. The fourth-order valence-corrected chi connectivity index (χ4v) is 1.19. The molecule has 0 amide bonds. The first kappa shape index (κ1) is 10.7. The second kappa shape index (κ2) is 4.21. The van der Waals surface area contributed by atoms with Gasteiger partial charge in [0, 0.05) is 0 Å². The molecule has 0 bridgehead atoms. The van der Waals surface area contributed by atoms with Crippen LogP contribution in [-0.4, -0.2) is 17.7 Å². The van der Waals surface area contributed by atoms with Crippen molar-refractivity contribution in [3.63, 3.8) is 0 Å². The molecular formula is C9H12FNO3. The lowest BCUT2D eigenvalue weighted by Gasteiger charge is -2.02. The maximum Gasteiger partial charge on any atom is 0.377 e. The van der Waals surface area contributed by atoms with E-state index in [9.17, 15) is 9.18 Å². The summed E-state index contributed by atoms with van der Waals surface area (Å²) in [4.78, 5) is 11.3. The Hall–Kier alpha value is -1.39. The number of nitrogens with zero attached hydrogens (tertiary/aromatic N) is 1. The molecule has 0 fully saturated rings. The first-order chi connectivity index (χ1) is 6.57. The number of alkyl halides is 1. The summed E-state index contributed by atoms with van der Waals surface area (Å²) in [7, 11) is 0. The van der Waals surface area contributed by atoms with E-state index in [0.29, 0.717) is 5.69 Å². The molecule has 1 atom stereocenters. The van der Waals surface area contributed by atoms with Crippen molar-refractivity contribution in [2.45, 2.75) is 26.9 Å². The molecule has 1 aromatic heterocycles. The van der Waals surface area contributed by atoms with E-state index >= 15 is 0 Å². The molecule has 0 aliphatic rings. The van der Waals surface area contributed by atoms with E-state index in [4.69, 9.17) is 9.26 Å². The number of ether oxygens (including phenoxy) is 1. The molecule has 1 aromatic rings. The van der Waals surface area contributed by atoms with Crippen LogP contribution in [0.1, 0.15) is 41.8 Å². The second-order valence-corrected chi connectivity index (χ2v) is 2.85. The number of halogens is 1. The van der Waals surface area contributed by atoms with Crippen LogP contribution in [0.4, 0.5) is 4.39 Å². The van der Waals surface area contributed by atoms with Gasteiger partial charge >= 0.3 is 5.97 Å². The van der Waals surface area contributed by atoms with Crippen molar-refractivity contribution in [3.8, 4) is 0 Å². The third-order valence-electron chi connectivity index (χ3n) is 1.77. The maximum absolute atomic E-state index is 13.1. The van der Waals surface area contributed by atoms with Crippen molar-refractivity contribution in [1.29, 1.82) is 0 Å². The minimum atomic E-state index is -1.29. The molecule has 5 heteroatoms. The van der Waals surface area contributed by atoms with Crippen LogP contribution in [0.2, 0.25) is 0 Å². The van der Waals surface area contributed by atoms with Crippen LogP contribution in [-0.2, 0) is 4.74 Å². The number of carbonyl (C=O) groups excluding carboxylic acids is 1. The predicted molar refractivity (Wildman–Crippen MR) is 46.7 cm³/mol. The maximum atomic E-state index is 13.1. The Morgan fingerprint density at radius 2 is 2.36 bits per heavy atom. The number of esters is 1. The molecule has 78 valence electrons. The van der Waals surface area contributed by atoms with E-state index in [0.717, 1.165) is 0 Å². The van der Waals surface area contributed by atoms with E-state index in [1.54, 1.807) is 13.8 Å². The minimum absolute atomic E-state index is 0.139. The molecule has 0 saturated heterocycles. The van der Waals surface area contributed by atoms with Gasteiger partial charge < -0.3 is 9.26 Å². The zero-order valence-corrected chi connectivity index (χ0v) is 8.33. The number of rotatable bonds is 3. The number of hydrogen-bond donors (Lipinski definition) is 0. The quantitative estimate of drug-likeness (QED) is 0.703. The molecule has 0 radical (unpaired) electrons. The van der Waals surface area contributed by atoms with Crippen molar-refractivity contribution in [1.82, 2.24) is 5.16 Å². The predicted octanol–water partition coefficient (Wildman–Crippen LogP) is 2.19. The van der Waals surface area contributed by atoms with Crippen molar-refractivity contribution in [3.05, 3.63) is 17.0 Å². The lowest BCUT2D eigenvalue weighted by atomic mass is 10.1. The van der Waals surface area contributed by atoms with E-state index in [2.05, 4.69) is 5.16 Å². The number of aryl methyl sites for hydroxylation is 1. The van der Waals surface area contributed by atoms with Crippen LogP contribution < -0.4 is 0 Å². The molecule has 1 heterocycles. The first-order valence-electron chi connectivity index (χ1n) is 4.35. The first-order valence-corrected chi connectivity index (χ1v) is 4.35. The average Bonchev–Trinajstić information content (AvgIpc) is 2.47. The summed E-state index contributed by atoms with van der Waals surface area (Å²) in [6.07, 6.45) is -1.29. The summed E-state index contributed by atoms with van der Waals surface area (Å²) in [6, 6.07) is 0. The molecule has 4 nitrogen and oxygen atoms in total. The van der Waals surface area contributed by atoms with Gasteiger partial charge in [0.1, 0.15) is 6.17 Å². The Balaban J connectivity index is 3.02. The van der Waals surface area contributed by atoms with Crippen molar-refractivity contribution in [2.24, 2.45) is 0 Å². The minimum Gasteiger partial charge on any atom is -0.460 e. The summed E-state index contributed by atoms with van der Waals surface area (Å²) in [5, 5.41) is 3.53. The molecule has 0 N–H and O–H groups in total. The zero-order valence-electron chi connectivity index (χ0n) is 8.33. The SMILES string of the molecule is CCOC(=O)c1onc(C)c1[C@@H](C)F. The Kier molecular flexibility index (Phi) is 3.22. The van der Waals surface area contributed by atoms with Crippen molar-refractivity contribution in [2.75, 3.05) is 6.61 Å². The number of aromatic nitrogens is 1. The Morgan fingerprint density at radius 1 is 1.71 bits per heavy atom. The highest BCUT2D eigenvalue weighted by atomic mass is 19.1. The summed E-state index contributed by atoms with van der Waals surface area (Å²) < 4.78 is 22.5. The van der Waals surface area contributed by atoms with E-state index in [1.165, 1.54) is 6.92 Å². The fraction of sp³-hybridized carbons (Fsp3) is 0.556. The summed E-state index contributed by atoms with van der Waals surface area (Å²) in [5.74, 6) is -0.813. The molecule has 0 aliphatic carbocycles. The van der Waals surface area contributed by atoms with Crippen LogP contribution in [0, 0.1) is 6.92 Å². The number of hydrogen-bond acceptors (Lipinski definition) is 4. The summed E-state index contributed by atoms with van der Waals surface area (Å²) in [6.45, 7) is 4.79. The molecule has 0 aromatic carbocycles. The van der Waals surface area contributed by atoms with Gasteiger partial charge in [0.25, 0.3) is 5.76 Å². The topological polar surface area (TPSA) is 52.3 Å². The molecule has 1 rings (SSSR count). The van der Waals surface area contributed by atoms with Crippen LogP contribution in [0.3, 0.4) is 0 Å². The zero-order chi connectivity index (χ0) is 10.7. The number of carbonyl (C=O) groups is 1. The average molecular weight is 201 g/mol. The van der Waals surface area contributed by atoms with Gasteiger partial charge in [-0.25, -0.2) is 9.18 Å². The Morgan fingerprint density at radius 3 is 2.86 bits per heavy atom. The van der Waals surface area contributed by atoms with Crippen LogP contribution in [0.25, 0.3) is 0 Å². The lowest BCUT2D eigenvalue weighted by Crippen LogP contribution is -2.07. The van der Waals surface area contributed by atoms with Crippen LogP contribution >= 0.6 is 0 Å². The van der Waals surface area contributed by atoms with Gasteiger partial charge in [-0.2, -0.15) is 0 Å². The fourth-order valence-electron chi connectivity index (χ4n) is 1.19. The van der Waals surface area contributed by atoms with E-state index in [-0.39, 0.29) is 17.9 Å². The monoisotopic (exact) mass is 201 g/mol. The van der Waals surface area contributed by atoms with Gasteiger partial charge in [0.2, 0.25) is 0 Å². The third kappa shape index (κ3) is 1.92. The molecule has 0 spiro atoms. The van der Waals surface area contributed by atoms with Gasteiger partial charge in [-0.1, -0.05) is 5.16 Å². The molecule has 14 heavy (non-hydrogen) atoms. The van der Waals surface area contributed by atoms with E-state index < -0.39 is 12.1 Å². The normalized spacial score (nSPS) is 12.6. The van der Waals surface area contributed by atoms with Crippen LogP contribution in [0.15, 0.2) is 4.52 Å². The van der Waals surface area contributed by atoms with Gasteiger partial charge in [0.15, 0.2) is 0 Å². The van der Waals surface area contributed by atoms with E-state index in [1.807, 2.05) is 0 Å². The molecule has 0 aliphatic heterocycles.